The molecule has 0 spiro atoms. The average molecular weight is 379 g/mol. The lowest BCUT2D eigenvalue weighted by Crippen LogP contribution is -2.33. The number of amidine groups is 1. The molecule has 2 amide bonds. The zero-order valence-corrected chi connectivity index (χ0v) is 13.8. The van der Waals surface area contributed by atoms with Crippen LogP contribution in [0.1, 0.15) is 24.8 Å². The molecule has 1 heterocycles. The van der Waals surface area contributed by atoms with E-state index in [4.69, 9.17) is 0 Å². The molecule has 0 fully saturated rings. The SMILES string of the molecule is CC(=O)NC1=NN(C(C)=O)[C@@H](c2cccc(OC(F)(F)C(F)F)c2)S1. The maximum absolute atomic E-state index is 13.0. The summed E-state index contributed by atoms with van der Waals surface area (Å²) in [7, 11) is 0. The Hall–Kier alpha value is -2.30. The maximum Gasteiger partial charge on any atom is 0.461 e. The summed E-state index contributed by atoms with van der Waals surface area (Å²) in [4.78, 5) is 22.8. The Labute approximate surface area is 144 Å². The number of hydrogen-bond donors (Lipinski definition) is 1. The Morgan fingerprint density at radius 2 is 2.04 bits per heavy atom. The molecule has 11 heteroatoms. The molecule has 6 nitrogen and oxygen atoms in total. The standard InChI is InChI=1S/C14H13F4N3O3S/c1-7(22)19-13-20-21(8(2)23)11(25-13)9-4-3-5-10(6-9)24-14(17,18)12(15)16/h3-6,11-12H,1-2H3,(H,19,20,22)/t11-/m1/s1. The van der Waals surface area contributed by atoms with Gasteiger partial charge in [0.05, 0.1) is 0 Å². The first-order valence-corrected chi connectivity index (χ1v) is 7.75. The van der Waals surface area contributed by atoms with Gasteiger partial charge in [0.2, 0.25) is 11.8 Å². The number of ether oxygens (including phenoxy) is 1. The van der Waals surface area contributed by atoms with Gasteiger partial charge < -0.3 is 10.1 Å². The molecular weight excluding hydrogens is 366 g/mol. The summed E-state index contributed by atoms with van der Waals surface area (Å²) >= 11 is 0.993. The molecule has 1 aromatic rings. The Kier molecular flexibility index (Phi) is 5.55. The number of rotatable bonds is 4. The van der Waals surface area contributed by atoms with Crippen LogP contribution in [0.15, 0.2) is 29.4 Å². The van der Waals surface area contributed by atoms with Crippen LogP contribution in [0.25, 0.3) is 0 Å². The van der Waals surface area contributed by atoms with Crippen LogP contribution in [-0.2, 0) is 9.59 Å². The minimum atomic E-state index is -4.64. The number of nitrogens with zero attached hydrogens (tertiary/aromatic N) is 2. The van der Waals surface area contributed by atoms with Crippen LogP contribution < -0.4 is 10.1 Å². The Morgan fingerprint density at radius 3 is 2.60 bits per heavy atom. The van der Waals surface area contributed by atoms with E-state index in [-0.39, 0.29) is 5.17 Å². The van der Waals surface area contributed by atoms with Gasteiger partial charge in [-0.15, -0.1) is 5.10 Å². The molecular formula is C14H13F4N3O3S. The predicted octanol–water partition coefficient (Wildman–Crippen LogP) is 2.92. The fraction of sp³-hybridized carbons (Fsp3) is 0.357. The van der Waals surface area contributed by atoms with Gasteiger partial charge in [0.15, 0.2) is 5.17 Å². The van der Waals surface area contributed by atoms with Crippen LogP contribution in [0.3, 0.4) is 0 Å². The molecule has 1 atom stereocenters. The molecule has 0 unspecified atom stereocenters. The first-order chi connectivity index (χ1) is 11.6. The first kappa shape index (κ1) is 19.0. The summed E-state index contributed by atoms with van der Waals surface area (Å²) in [5.41, 5.74) is 0.312. The lowest BCUT2D eigenvalue weighted by atomic mass is 10.2. The van der Waals surface area contributed by atoms with Gasteiger partial charge in [-0.05, 0) is 17.7 Å². The Balaban J connectivity index is 2.25. The fourth-order valence-corrected chi connectivity index (χ4v) is 3.04. The molecule has 0 saturated carbocycles. The summed E-state index contributed by atoms with van der Waals surface area (Å²) < 4.78 is 54.6. The molecule has 0 bridgehead atoms. The third kappa shape index (κ3) is 4.62. The van der Waals surface area contributed by atoms with E-state index in [1.165, 1.54) is 26.0 Å². The van der Waals surface area contributed by atoms with Crippen molar-refractivity contribution in [2.24, 2.45) is 5.10 Å². The van der Waals surface area contributed by atoms with Gasteiger partial charge in [0.1, 0.15) is 11.1 Å². The highest BCUT2D eigenvalue weighted by Gasteiger charge is 2.44. The molecule has 1 aromatic carbocycles. The monoisotopic (exact) mass is 379 g/mol. The van der Waals surface area contributed by atoms with Crippen molar-refractivity contribution in [1.82, 2.24) is 10.3 Å². The molecule has 2 rings (SSSR count). The molecule has 1 aliphatic rings. The zero-order chi connectivity index (χ0) is 18.8. The number of thioether (sulfide) groups is 1. The van der Waals surface area contributed by atoms with E-state index in [0.717, 1.165) is 28.9 Å². The van der Waals surface area contributed by atoms with Crippen molar-refractivity contribution >= 4 is 28.7 Å². The highest BCUT2D eigenvalue weighted by molar-refractivity contribution is 8.14. The quantitative estimate of drug-likeness (QED) is 0.817. The second kappa shape index (κ2) is 7.30. The van der Waals surface area contributed by atoms with Crippen LogP contribution in [-0.4, -0.2) is 34.5 Å². The largest absolute Gasteiger partial charge is 0.461 e. The van der Waals surface area contributed by atoms with E-state index in [9.17, 15) is 27.2 Å². The average Bonchev–Trinajstić information content (AvgIpc) is 2.90. The van der Waals surface area contributed by atoms with Crippen LogP contribution in [0, 0.1) is 0 Å². The molecule has 1 aliphatic heterocycles. The second-order valence-corrected chi connectivity index (χ2v) is 6.03. The van der Waals surface area contributed by atoms with Crippen molar-refractivity contribution < 1.29 is 31.9 Å². The molecule has 0 aliphatic carbocycles. The van der Waals surface area contributed by atoms with Crippen LogP contribution in [0.5, 0.6) is 5.75 Å². The Morgan fingerprint density at radius 1 is 1.36 bits per heavy atom. The number of hydrazone groups is 1. The van der Waals surface area contributed by atoms with E-state index in [1.54, 1.807) is 0 Å². The summed E-state index contributed by atoms with van der Waals surface area (Å²) in [6.45, 7) is 2.49. The van der Waals surface area contributed by atoms with Crippen molar-refractivity contribution in [1.29, 1.82) is 0 Å². The van der Waals surface area contributed by atoms with E-state index in [0.29, 0.717) is 5.56 Å². The van der Waals surface area contributed by atoms with Gasteiger partial charge in [-0.1, -0.05) is 23.9 Å². The topological polar surface area (TPSA) is 71.0 Å². The minimum absolute atomic E-state index is 0.150. The molecule has 136 valence electrons. The second-order valence-electron chi connectivity index (χ2n) is 4.96. The van der Waals surface area contributed by atoms with Gasteiger partial charge in [0.25, 0.3) is 0 Å². The van der Waals surface area contributed by atoms with Crippen molar-refractivity contribution in [3.8, 4) is 5.75 Å². The predicted molar refractivity (Wildman–Crippen MR) is 82.1 cm³/mol. The van der Waals surface area contributed by atoms with Gasteiger partial charge >= 0.3 is 12.5 Å². The number of nitrogens with one attached hydrogen (secondary N) is 1. The summed E-state index contributed by atoms with van der Waals surface area (Å²) in [5.74, 6) is -1.34. The van der Waals surface area contributed by atoms with Crippen molar-refractivity contribution in [3.05, 3.63) is 29.8 Å². The number of carbonyl (C=O) groups is 2. The summed E-state index contributed by atoms with van der Waals surface area (Å²) in [6.07, 6.45) is -8.63. The van der Waals surface area contributed by atoms with E-state index in [2.05, 4.69) is 15.2 Å². The van der Waals surface area contributed by atoms with E-state index >= 15 is 0 Å². The Bertz CT molecular complexity index is 714. The third-order valence-corrected chi connectivity index (χ3v) is 4.00. The number of benzene rings is 1. The van der Waals surface area contributed by atoms with Crippen LogP contribution in [0.2, 0.25) is 0 Å². The van der Waals surface area contributed by atoms with Crippen molar-refractivity contribution in [2.75, 3.05) is 0 Å². The van der Waals surface area contributed by atoms with E-state index in [1.807, 2.05) is 0 Å². The van der Waals surface area contributed by atoms with E-state index < -0.39 is 35.5 Å². The molecule has 1 N–H and O–H groups in total. The minimum Gasteiger partial charge on any atom is -0.428 e. The maximum atomic E-state index is 13.0. The van der Waals surface area contributed by atoms with Gasteiger partial charge in [0, 0.05) is 13.8 Å². The fourth-order valence-electron chi connectivity index (χ4n) is 1.91. The number of halogens is 4. The lowest BCUT2D eigenvalue weighted by Gasteiger charge is -2.21. The molecule has 0 saturated heterocycles. The summed E-state index contributed by atoms with van der Waals surface area (Å²) in [6, 6.07) is 5.01. The summed E-state index contributed by atoms with van der Waals surface area (Å²) in [5, 5.41) is 6.80. The molecule has 0 aromatic heterocycles. The van der Waals surface area contributed by atoms with Crippen molar-refractivity contribution in [3.63, 3.8) is 0 Å². The number of hydrogen-bond acceptors (Lipinski definition) is 5. The third-order valence-electron chi connectivity index (χ3n) is 2.90. The van der Waals surface area contributed by atoms with Crippen LogP contribution >= 0.6 is 11.8 Å². The number of alkyl halides is 4. The van der Waals surface area contributed by atoms with Crippen molar-refractivity contribution in [2.45, 2.75) is 31.8 Å². The smallest absolute Gasteiger partial charge is 0.428 e. The van der Waals surface area contributed by atoms with Gasteiger partial charge in [-0.25, -0.2) is 5.01 Å². The zero-order valence-electron chi connectivity index (χ0n) is 13.0. The lowest BCUT2D eigenvalue weighted by molar-refractivity contribution is -0.253. The highest BCUT2D eigenvalue weighted by Crippen LogP contribution is 2.40. The molecule has 0 radical (unpaired) electrons. The van der Waals surface area contributed by atoms with Gasteiger partial charge in [-0.3, -0.25) is 9.59 Å². The number of carbonyl (C=O) groups excluding carboxylic acids is 2. The first-order valence-electron chi connectivity index (χ1n) is 6.87. The molecule has 25 heavy (non-hydrogen) atoms. The number of amides is 2. The highest BCUT2D eigenvalue weighted by atomic mass is 32.2. The van der Waals surface area contributed by atoms with Crippen LogP contribution in [0.4, 0.5) is 17.6 Å². The van der Waals surface area contributed by atoms with Gasteiger partial charge in [-0.2, -0.15) is 17.6 Å². The normalized spacial score (nSPS) is 17.5.